The van der Waals surface area contributed by atoms with Gasteiger partial charge in [0.1, 0.15) is 18.4 Å². The van der Waals surface area contributed by atoms with Gasteiger partial charge in [-0.15, -0.1) is 0 Å². The van der Waals surface area contributed by atoms with E-state index in [0.717, 1.165) is 13.4 Å². The van der Waals surface area contributed by atoms with E-state index in [1.807, 2.05) is 51.1 Å². The Labute approximate surface area is 272 Å². The Hall–Kier alpha value is -3.77. The Balaban J connectivity index is 1.80. The molecule has 0 spiro atoms. The lowest BCUT2D eigenvalue weighted by molar-refractivity contribution is -0.140. The number of sulfonamides is 1. The third kappa shape index (κ3) is 8.88. The minimum Gasteiger partial charge on any atom is -0.350 e. The number of amides is 2. The van der Waals surface area contributed by atoms with Gasteiger partial charge in [0.2, 0.25) is 11.8 Å². The summed E-state index contributed by atoms with van der Waals surface area (Å²) in [7, 11) is -4.17. The number of benzene rings is 4. The monoisotopic (exact) mass is 727 g/mol. The number of halogens is 2. The lowest BCUT2D eigenvalue weighted by atomic mass is 10.0. The fourth-order valence-electron chi connectivity index (χ4n) is 4.65. The van der Waals surface area contributed by atoms with E-state index in [2.05, 4.69) is 27.9 Å². The van der Waals surface area contributed by atoms with Crippen LogP contribution in [0.1, 0.15) is 31.9 Å². The Kier molecular flexibility index (Phi) is 10.8. The molecule has 0 saturated heterocycles. The van der Waals surface area contributed by atoms with Crippen molar-refractivity contribution in [2.75, 3.05) is 10.8 Å². The molecular weight excluding hydrogens is 692 g/mol. The molecule has 7 nitrogen and oxygen atoms in total. The van der Waals surface area contributed by atoms with Crippen LogP contribution >= 0.6 is 22.6 Å². The lowest BCUT2D eigenvalue weighted by Gasteiger charge is -2.35. The van der Waals surface area contributed by atoms with E-state index in [0.29, 0.717) is 11.3 Å². The summed E-state index contributed by atoms with van der Waals surface area (Å²) in [5.41, 5.74) is 1.13. The zero-order valence-corrected chi connectivity index (χ0v) is 27.8. The summed E-state index contributed by atoms with van der Waals surface area (Å²) in [5, 5.41) is 2.99. The molecule has 0 heterocycles. The fraction of sp³-hybridized carbons (Fsp3) is 0.235. The number of anilines is 1. The largest absolute Gasteiger partial charge is 0.350 e. The first-order valence-corrected chi connectivity index (χ1v) is 16.6. The number of nitrogens with one attached hydrogen (secondary N) is 1. The van der Waals surface area contributed by atoms with E-state index in [1.54, 1.807) is 54.6 Å². The van der Waals surface area contributed by atoms with E-state index in [-0.39, 0.29) is 23.8 Å². The van der Waals surface area contributed by atoms with Crippen LogP contribution in [0.2, 0.25) is 0 Å². The van der Waals surface area contributed by atoms with Gasteiger partial charge in [0.05, 0.1) is 10.6 Å². The number of hydrogen-bond acceptors (Lipinski definition) is 4. The van der Waals surface area contributed by atoms with Crippen molar-refractivity contribution < 1.29 is 22.4 Å². The van der Waals surface area contributed by atoms with Gasteiger partial charge >= 0.3 is 0 Å². The average molecular weight is 728 g/mol. The zero-order chi connectivity index (χ0) is 31.9. The molecule has 0 unspecified atom stereocenters. The first kappa shape index (κ1) is 33.1. The maximum absolute atomic E-state index is 14.4. The Morgan fingerprint density at radius 1 is 0.818 bits per heavy atom. The Morgan fingerprint density at radius 3 is 1.95 bits per heavy atom. The quantitative estimate of drug-likeness (QED) is 0.187. The average Bonchev–Trinajstić information content (AvgIpc) is 2.99. The van der Waals surface area contributed by atoms with E-state index in [4.69, 9.17) is 0 Å². The second-order valence-electron chi connectivity index (χ2n) is 11.4. The van der Waals surface area contributed by atoms with Crippen molar-refractivity contribution in [3.63, 3.8) is 0 Å². The molecule has 0 bridgehead atoms. The van der Waals surface area contributed by atoms with Crippen LogP contribution in [0, 0.1) is 9.39 Å². The van der Waals surface area contributed by atoms with Crippen molar-refractivity contribution in [3.05, 3.63) is 130 Å². The molecule has 0 aliphatic heterocycles. The van der Waals surface area contributed by atoms with E-state index < -0.39 is 39.9 Å². The van der Waals surface area contributed by atoms with Crippen LogP contribution in [-0.2, 0) is 32.6 Å². The summed E-state index contributed by atoms with van der Waals surface area (Å²) < 4.78 is 43.7. The van der Waals surface area contributed by atoms with Crippen molar-refractivity contribution in [1.29, 1.82) is 0 Å². The molecule has 10 heteroatoms. The summed E-state index contributed by atoms with van der Waals surface area (Å²) in [5.74, 6) is -1.40. The number of nitrogens with zero attached hydrogens (tertiary/aromatic N) is 2. The van der Waals surface area contributed by atoms with Crippen molar-refractivity contribution >= 4 is 50.1 Å². The SMILES string of the molecule is CC(C)(C)NC(=O)[C@@H](Cc1ccccc1)N(Cc1ccc(F)cc1)C(=O)CN(c1ccc(I)cc1)S(=O)(=O)c1ccccc1. The molecule has 44 heavy (non-hydrogen) atoms. The molecule has 1 atom stereocenters. The molecule has 0 aliphatic rings. The van der Waals surface area contributed by atoms with E-state index >= 15 is 0 Å². The van der Waals surface area contributed by atoms with Gasteiger partial charge in [-0.05, 0) is 103 Å². The van der Waals surface area contributed by atoms with Crippen molar-refractivity contribution in [3.8, 4) is 0 Å². The molecule has 1 N–H and O–H groups in total. The smallest absolute Gasteiger partial charge is 0.264 e. The van der Waals surface area contributed by atoms with Crippen LogP contribution in [0.3, 0.4) is 0 Å². The maximum Gasteiger partial charge on any atom is 0.264 e. The predicted octanol–water partition coefficient (Wildman–Crippen LogP) is 6.18. The molecular formula is C34H35FIN3O4S. The highest BCUT2D eigenvalue weighted by Gasteiger charge is 2.35. The maximum atomic E-state index is 14.4. The lowest BCUT2D eigenvalue weighted by Crippen LogP contribution is -2.56. The molecule has 4 aromatic carbocycles. The standard InChI is InChI=1S/C34H35FIN3O4S/c1-34(2,3)37-33(41)31(22-25-10-6-4-7-11-25)38(23-26-14-16-27(35)17-15-26)32(40)24-39(29-20-18-28(36)19-21-29)44(42,43)30-12-8-5-9-13-30/h4-21,31H,22-24H2,1-3H3,(H,37,41)/t31-/m1/s1. The number of carbonyl (C=O) groups is 2. The van der Waals surface area contributed by atoms with Gasteiger partial charge in [-0.25, -0.2) is 12.8 Å². The molecule has 0 saturated carbocycles. The molecule has 2 amide bonds. The summed E-state index contributed by atoms with van der Waals surface area (Å²) in [4.78, 5) is 29.7. The van der Waals surface area contributed by atoms with E-state index in [1.165, 1.54) is 29.2 Å². The molecule has 4 aromatic rings. The first-order chi connectivity index (χ1) is 20.8. The normalized spacial score (nSPS) is 12.3. The van der Waals surface area contributed by atoms with Crippen LogP contribution in [0.5, 0.6) is 0 Å². The molecule has 0 aromatic heterocycles. The molecule has 0 fully saturated rings. The van der Waals surface area contributed by atoms with Crippen molar-refractivity contribution in [1.82, 2.24) is 10.2 Å². The fourth-order valence-corrected chi connectivity index (χ4v) is 6.44. The van der Waals surface area contributed by atoms with Crippen molar-refractivity contribution in [2.24, 2.45) is 0 Å². The summed E-state index contributed by atoms with van der Waals surface area (Å²) >= 11 is 2.13. The third-order valence-corrected chi connectivity index (χ3v) is 9.27. The van der Waals surface area contributed by atoms with Gasteiger partial charge in [-0.2, -0.15) is 0 Å². The second kappa shape index (κ2) is 14.3. The molecule has 0 radical (unpaired) electrons. The van der Waals surface area contributed by atoms with Gasteiger partial charge in [0.25, 0.3) is 10.0 Å². The minimum atomic E-state index is -4.17. The molecule has 4 rings (SSSR count). The van der Waals surface area contributed by atoms with Crippen LogP contribution in [0.25, 0.3) is 0 Å². The highest BCUT2D eigenvalue weighted by atomic mass is 127. The van der Waals surface area contributed by atoms with Crippen LogP contribution in [0.4, 0.5) is 10.1 Å². The van der Waals surface area contributed by atoms with Crippen LogP contribution in [-0.4, -0.2) is 43.3 Å². The number of rotatable bonds is 11. The summed E-state index contributed by atoms with van der Waals surface area (Å²) in [6, 6.07) is 28.7. The van der Waals surface area contributed by atoms with E-state index in [9.17, 15) is 22.4 Å². The number of hydrogen-bond donors (Lipinski definition) is 1. The first-order valence-electron chi connectivity index (χ1n) is 14.1. The highest BCUT2D eigenvalue weighted by Crippen LogP contribution is 2.26. The Morgan fingerprint density at radius 2 is 1.39 bits per heavy atom. The third-order valence-electron chi connectivity index (χ3n) is 6.76. The molecule has 0 aliphatic carbocycles. The summed E-state index contributed by atoms with van der Waals surface area (Å²) in [6.07, 6.45) is 0.185. The van der Waals surface area contributed by atoms with Gasteiger partial charge < -0.3 is 10.2 Å². The van der Waals surface area contributed by atoms with Crippen molar-refractivity contribution in [2.45, 2.75) is 50.2 Å². The second-order valence-corrected chi connectivity index (χ2v) is 14.5. The zero-order valence-electron chi connectivity index (χ0n) is 24.8. The Bertz CT molecular complexity index is 1660. The molecule has 230 valence electrons. The van der Waals surface area contributed by atoms with Gasteiger partial charge in [0, 0.05) is 22.1 Å². The topological polar surface area (TPSA) is 86.8 Å². The highest BCUT2D eigenvalue weighted by molar-refractivity contribution is 14.1. The predicted molar refractivity (Wildman–Crippen MR) is 179 cm³/mol. The van der Waals surface area contributed by atoms with Gasteiger partial charge in [-0.3, -0.25) is 13.9 Å². The summed E-state index contributed by atoms with van der Waals surface area (Å²) in [6.45, 7) is 4.94. The minimum absolute atomic E-state index is 0.0303. The van der Waals surface area contributed by atoms with Gasteiger partial charge in [-0.1, -0.05) is 60.7 Å². The van der Waals surface area contributed by atoms with Crippen LogP contribution < -0.4 is 9.62 Å². The number of carbonyl (C=O) groups excluding carboxylic acids is 2. The van der Waals surface area contributed by atoms with Crippen LogP contribution in [0.15, 0.2) is 114 Å². The van der Waals surface area contributed by atoms with Gasteiger partial charge in [0.15, 0.2) is 0 Å².